The molecule has 1 aromatic rings. The molecule has 2 saturated heterocycles. The van der Waals surface area contributed by atoms with E-state index in [0.29, 0.717) is 23.1 Å². The Bertz CT molecular complexity index is 641. The third kappa shape index (κ3) is 4.22. The molecule has 7 nitrogen and oxygen atoms in total. The van der Waals surface area contributed by atoms with Crippen LogP contribution in [-0.2, 0) is 4.79 Å². The number of halogens is 1. The van der Waals surface area contributed by atoms with Gasteiger partial charge in [-0.15, -0.1) is 12.4 Å². The van der Waals surface area contributed by atoms with Crippen molar-refractivity contribution in [1.29, 1.82) is 0 Å². The minimum absolute atomic E-state index is 0. The van der Waals surface area contributed by atoms with Crippen LogP contribution in [0.25, 0.3) is 0 Å². The monoisotopic (exact) mass is 383 g/mol. The number of fused-ring (bicyclic) bond motifs is 2. The van der Waals surface area contributed by atoms with Gasteiger partial charge in [0.05, 0.1) is 7.11 Å². The van der Waals surface area contributed by atoms with Crippen molar-refractivity contribution in [2.45, 2.75) is 31.3 Å². The van der Waals surface area contributed by atoms with Crippen LogP contribution in [0.3, 0.4) is 0 Å². The predicted molar refractivity (Wildman–Crippen MR) is 100 cm³/mol. The number of carbonyl (C=O) groups excluding carboxylic acids is 2. The van der Waals surface area contributed by atoms with Crippen LogP contribution < -0.4 is 20.1 Å². The number of hydrogen-bond donors (Lipinski definition) is 2. The molecule has 3 rings (SSSR count). The lowest BCUT2D eigenvalue weighted by molar-refractivity contribution is -0.122. The van der Waals surface area contributed by atoms with Crippen molar-refractivity contribution in [2.75, 3.05) is 33.9 Å². The summed E-state index contributed by atoms with van der Waals surface area (Å²) in [6, 6.07) is 5.69. The number of nitrogens with zero attached hydrogens (tertiary/aromatic N) is 1. The quantitative estimate of drug-likeness (QED) is 0.798. The lowest BCUT2D eigenvalue weighted by Gasteiger charge is -2.28. The maximum absolute atomic E-state index is 13.0. The molecule has 1 aromatic carbocycles. The van der Waals surface area contributed by atoms with Crippen molar-refractivity contribution in [3.05, 3.63) is 23.8 Å². The van der Waals surface area contributed by atoms with Crippen LogP contribution in [0.15, 0.2) is 18.2 Å². The molecule has 2 fully saturated rings. The van der Waals surface area contributed by atoms with Crippen molar-refractivity contribution in [1.82, 2.24) is 15.5 Å². The van der Waals surface area contributed by atoms with Crippen LogP contribution in [0.1, 0.15) is 29.6 Å². The highest BCUT2D eigenvalue weighted by Gasteiger charge is 2.38. The third-order valence-electron chi connectivity index (χ3n) is 4.94. The molecule has 2 aliphatic heterocycles. The first-order valence-corrected chi connectivity index (χ1v) is 8.69. The van der Waals surface area contributed by atoms with E-state index < -0.39 is 0 Å². The fourth-order valence-electron chi connectivity index (χ4n) is 3.60. The Morgan fingerprint density at radius 3 is 2.73 bits per heavy atom. The summed E-state index contributed by atoms with van der Waals surface area (Å²) in [5.41, 5.74) is 0.586. The second-order valence-electron chi connectivity index (χ2n) is 6.42. The Labute approximate surface area is 159 Å². The topological polar surface area (TPSA) is 79.9 Å². The zero-order valence-electron chi connectivity index (χ0n) is 15.1. The maximum atomic E-state index is 13.0. The molecule has 2 unspecified atom stereocenters. The van der Waals surface area contributed by atoms with Gasteiger partial charge in [0.25, 0.3) is 11.8 Å². The van der Waals surface area contributed by atoms with Gasteiger partial charge in [0.15, 0.2) is 18.1 Å². The number of likely N-dealkylation sites (N-methyl/N-ethyl adjacent to an activating group) is 1. The molecule has 144 valence electrons. The first-order chi connectivity index (χ1) is 12.1. The summed E-state index contributed by atoms with van der Waals surface area (Å²) in [4.78, 5) is 26.4. The van der Waals surface area contributed by atoms with Gasteiger partial charge in [0.1, 0.15) is 0 Å². The summed E-state index contributed by atoms with van der Waals surface area (Å²) in [6.45, 7) is 1.72. The second kappa shape index (κ2) is 9.09. The van der Waals surface area contributed by atoms with E-state index in [0.717, 1.165) is 32.4 Å². The number of benzene rings is 1. The Hall–Kier alpha value is -1.99. The van der Waals surface area contributed by atoms with Gasteiger partial charge >= 0.3 is 0 Å². The molecular formula is C18H26ClN3O4. The predicted octanol–water partition coefficient (Wildman–Crippen LogP) is 1.21. The van der Waals surface area contributed by atoms with Gasteiger partial charge in [-0.05, 0) is 44.0 Å². The maximum Gasteiger partial charge on any atom is 0.257 e. The van der Waals surface area contributed by atoms with Crippen molar-refractivity contribution in [2.24, 2.45) is 0 Å². The average Bonchev–Trinajstić information content (AvgIpc) is 2.91. The Morgan fingerprint density at radius 2 is 2.00 bits per heavy atom. The molecule has 2 bridgehead atoms. The Balaban J connectivity index is 0.00000243. The summed E-state index contributed by atoms with van der Waals surface area (Å²) in [7, 11) is 3.07. The van der Waals surface area contributed by atoms with Crippen molar-refractivity contribution in [3.63, 3.8) is 0 Å². The van der Waals surface area contributed by atoms with E-state index in [-0.39, 0.29) is 36.9 Å². The number of hydrogen-bond acceptors (Lipinski definition) is 5. The van der Waals surface area contributed by atoms with Crippen LogP contribution in [0.5, 0.6) is 11.5 Å². The summed E-state index contributed by atoms with van der Waals surface area (Å²) < 4.78 is 10.8. The lowest BCUT2D eigenvalue weighted by Crippen LogP contribution is -2.42. The fraction of sp³-hybridized carbons (Fsp3) is 0.556. The molecular weight excluding hydrogens is 358 g/mol. The summed E-state index contributed by atoms with van der Waals surface area (Å²) in [5.74, 6) is 0.710. The fourth-order valence-corrected chi connectivity index (χ4v) is 3.60. The van der Waals surface area contributed by atoms with E-state index in [1.807, 2.05) is 4.90 Å². The molecule has 8 heteroatoms. The van der Waals surface area contributed by atoms with E-state index in [9.17, 15) is 9.59 Å². The van der Waals surface area contributed by atoms with Crippen molar-refractivity contribution < 1.29 is 19.1 Å². The van der Waals surface area contributed by atoms with Gasteiger partial charge in [-0.3, -0.25) is 9.59 Å². The smallest absolute Gasteiger partial charge is 0.257 e. The average molecular weight is 384 g/mol. The molecule has 2 N–H and O–H groups in total. The van der Waals surface area contributed by atoms with Crippen LogP contribution in [-0.4, -0.2) is 62.7 Å². The van der Waals surface area contributed by atoms with E-state index in [1.54, 1.807) is 25.2 Å². The number of ether oxygens (including phenoxy) is 2. The van der Waals surface area contributed by atoms with E-state index >= 15 is 0 Å². The van der Waals surface area contributed by atoms with Gasteiger partial charge in [0.2, 0.25) is 0 Å². The van der Waals surface area contributed by atoms with Gasteiger partial charge in [0, 0.05) is 31.2 Å². The first kappa shape index (κ1) is 20.3. The molecule has 0 aromatic heterocycles. The normalized spacial score (nSPS) is 21.4. The summed E-state index contributed by atoms with van der Waals surface area (Å²) in [5, 5.41) is 5.90. The zero-order valence-corrected chi connectivity index (χ0v) is 15.9. The highest BCUT2D eigenvalue weighted by atomic mass is 35.5. The molecule has 2 heterocycles. The largest absolute Gasteiger partial charge is 0.493 e. The molecule has 0 radical (unpaired) electrons. The second-order valence-corrected chi connectivity index (χ2v) is 6.42. The van der Waals surface area contributed by atoms with Crippen LogP contribution in [0.4, 0.5) is 0 Å². The molecule has 26 heavy (non-hydrogen) atoms. The highest BCUT2D eigenvalue weighted by molar-refractivity contribution is 5.95. The van der Waals surface area contributed by atoms with Gasteiger partial charge in [-0.25, -0.2) is 0 Å². The highest BCUT2D eigenvalue weighted by Crippen LogP contribution is 2.32. The van der Waals surface area contributed by atoms with Crippen LogP contribution >= 0.6 is 12.4 Å². The van der Waals surface area contributed by atoms with E-state index in [1.165, 1.54) is 7.11 Å². The SMILES string of the molecule is CNC(=O)COc1ccc(C(=O)N2C3CCNCC2CC3)cc1OC.Cl. The Morgan fingerprint density at radius 1 is 1.23 bits per heavy atom. The molecule has 2 aliphatic rings. The lowest BCUT2D eigenvalue weighted by atomic mass is 10.1. The molecule has 0 spiro atoms. The number of carbonyl (C=O) groups is 2. The van der Waals surface area contributed by atoms with E-state index in [4.69, 9.17) is 9.47 Å². The van der Waals surface area contributed by atoms with Crippen molar-refractivity contribution in [3.8, 4) is 11.5 Å². The minimum atomic E-state index is -0.226. The summed E-state index contributed by atoms with van der Waals surface area (Å²) >= 11 is 0. The Kier molecular flexibility index (Phi) is 7.11. The molecule has 2 atom stereocenters. The zero-order chi connectivity index (χ0) is 17.8. The summed E-state index contributed by atoms with van der Waals surface area (Å²) in [6.07, 6.45) is 3.11. The van der Waals surface area contributed by atoms with Crippen LogP contribution in [0.2, 0.25) is 0 Å². The minimum Gasteiger partial charge on any atom is -0.493 e. The van der Waals surface area contributed by atoms with Crippen molar-refractivity contribution >= 4 is 24.2 Å². The number of nitrogens with one attached hydrogen (secondary N) is 2. The first-order valence-electron chi connectivity index (χ1n) is 8.69. The van der Waals surface area contributed by atoms with Gasteiger partial charge in [-0.1, -0.05) is 0 Å². The van der Waals surface area contributed by atoms with Gasteiger partial charge < -0.3 is 25.0 Å². The van der Waals surface area contributed by atoms with Crippen LogP contribution in [0, 0.1) is 0 Å². The molecule has 2 amide bonds. The van der Waals surface area contributed by atoms with E-state index in [2.05, 4.69) is 10.6 Å². The molecule has 0 saturated carbocycles. The molecule has 0 aliphatic carbocycles. The number of amides is 2. The number of rotatable bonds is 5. The number of methoxy groups -OCH3 is 1. The standard InChI is InChI=1S/C18H25N3O4.ClH/c1-19-17(22)11-25-15-6-3-12(9-16(15)24-2)18(23)21-13-4-5-14(21)10-20-8-7-13;/h3,6,9,13-14,20H,4-5,7-8,10-11H2,1-2H3,(H,19,22);1H. The van der Waals surface area contributed by atoms with Gasteiger partial charge in [-0.2, -0.15) is 0 Å². The third-order valence-corrected chi connectivity index (χ3v) is 4.94.